The molecule has 0 unspecified atom stereocenters. The van der Waals surface area contributed by atoms with Gasteiger partial charge in [0.2, 0.25) is 5.75 Å². The summed E-state index contributed by atoms with van der Waals surface area (Å²) >= 11 is 1.13. The minimum Gasteiger partial charge on any atom is -0.502 e. The summed E-state index contributed by atoms with van der Waals surface area (Å²) in [5.74, 6) is -0.0919. The predicted octanol–water partition coefficient (Wildman–Crippen LogP) is 3.35. The predicted molar refractivity (Wildman–Crippen MR) is 135 cm³/mol. The van der Waals surface area contributed by atoms with Gasteiger partial charge < -0.3 is 14.6 Å². The first-order chi connectivity index (χ1) is 17.0. The fraction of sp³-hybridized carbons (Fsp3) is 0.120. The summed E-state index contributed by atoms with van der Waals surface area (Å²) in [5, 5.41) is 14.9. The fourth-order valence-electron chi connectivity index (χ4n) is 3.34. The van der Waals surface area contributed by atoms with Crippen LogP contribution in [0.5, 0.6) is 17.2 Å². The zero-order chi connectivity index (χ0) is 24.8. The van der Waals surface area contributed by atoms with Crippen LogP contribution in [-0.2, 0) is 4.79 Å². The van der Waals surface area contributed by atoms with Crippen LogP contribution in [0.4, 0.5) is 0 Å². The summed E-state index contributed by atoms with van der Waals surface area (Å²) in [6.45, 7) is 0. The number of fused-ring (bicyclic) bond motifs is 1. The molecule has 1 amide bonds. The molecule has 0 saturated heterocycles. The Balaban J connectivity index is 1.52. The molecule has 3 aromatic carbocycles. The van der Waals surface area contributed by atoms with E-state index in [-0.39, 0.29) is 34.5 Å². The second kappa shape index (κ2) is 10.7. The third-order valence-corrected chi connectivity index (χ3v) is 5.94. The number of aromatic hydroxyl groups is 1. The number of hydrogen-bond donors (Lipinski definition) is 2. The summed E-state index contributed by atoms with van der Waals surface area (Å²) in [4.78, 5) is 30.3. The van der Waals surface area contributed by atoms with Gasteiger partial charge in [0, 0.05) is 5.56 Å². The van der Waals surface area contributed by atoms with Gasteiger partial charge in [0.15, 0.2) is 16.7 Å². The highest BCUT2D eigenvalue weighted by Gasteiger charge is 2.15. The minimum absolute atomic E-state index is 0.0167. The first-order valence-corrected chi connectivity index (χ1v) is 11.5. The highest BCUT2D eigenvalue weighted by Crippen LogP contribution is 2.36. The van der Waals surface area contributed by atoms with Crippen molar-refractivity contribution in [3.8, 4) is 22.9 Å². The molecule has 178 valence electrons. The number of aromatic nitrogens is 2. The van der Waals surface area contributed by atoms with Crippen LogP contribution >= 0.6 is 11.8 Å². The van der Waals surface area contributed by atoms with Crippen molar-refractivity contribution in [2.24, 2.45) is 5.10 Å². The molecule has 1 aromatic heterocycles. The first-order valence-electron chi connectivity index (χ1n) is 10.5. The van der Waals surface area contributed by atoms with Crippen LogP contribution in [0, 0.1) is 0 Å². The molecule has 0 bridgehead atoms. The van der Waals surface area contributed by atoms with Crippen molar-refractivity contribution in [2.45, 2.75) is 5.16 Å². The first kappa shape index (κ1) is 23.8. The Bertz CT molecular complexity index is 1430. The lowest BCUT2D eigenvalue weighted by Crippen LogP contribution is -2.24. The van der Waals surface area contributed by atoms with Crippen molar-refractivity contribution < 1.29 is 19.4 Å². The van der Waals surface area contributed by atoms with Crippen LogP contribution < -0.4 is 20.5 Å². The molecule has 0 aliphatic carbocycles. The Morgan fingerprint density at radius 2 is 1.74 bits per heavy atom. The van der Waals surface area contributed by atoms with E-state index in [0.29, 0.717) is 27.3 Å². The van der Waals surface area contributed by atoms with Gasteiger partial charge >= 0.3 is 0 Å². The van der Waals surface area contributed by atoms with Crippen LogP contribution in [-0.4, -0.2) is 46.8 Å². The molecule has 0 spiro atoms. The number of hydrazone groups is 1. The number of benzene rings is 3. The van der Waals surface area contributed by atoms with Gasteiger partial charge in [-0.1, -0.05) is 42.1 Å². The average Bonchev–Trinajstić information content (AvgIpc) is 2.88. The molecule has 0 aliphatic rings. The number of nitrogens with zero attached hydrogens (tertiary/aromatic N) is 3. The normalized spacial score (nSPS) is 11.0. The van der Waals surface area contributed by atoms with Crippen LogP contribution in [0.3, 0.4) is 0 Å². The number of amides is 1. The summed E-state index contributed by atoms with van der Waals surface area (Å²) in [6, 6.07) is 19.4. The van der Waals surface area contributed by atoms with E-state index in [0.717, 1.165) is 11.8 Å². The number of phenolic OH excluding ortho intramolecular Hbond substituents is 1. The van der Waals surface area contributed by atoms with Crippen LogP contribution in [0.25, 0.3) is 16.6 Å². The second-order valence-electron chi connectivity index (χ2n) is 7.24. The zero-order valence-corrected chi connectivity index (χ0v) is 19.8. The second-order valence-corrected chi connectivity index (χ2v) is 8.19. The zero-order valence-electron chi connectivity index (χ0n) is 19.0. The molecule has 0 aliphatic heterocycles. The third kappa shape index (κ3) is 5.28. The summed E-state index contributed by atoms with van der Waals surface area (Å²) in [5.41, 5.74) is 4.01. The monoisotopic (exact) mass is 490 g/mol. The van der Waals surface area contributed by atoms with Gasteiger partial charge in [0.25, 0.3) is 11.5 Å². The van der Waals surface area contributed by atoms with E-state index in [1.807, 2.05) is 36.4 Å². The average molecular weight is 491 g/mol. The Hall–Kier alpha value is -4.31. The molecule has 35 heavy (non-hydrogen) atoms. The van der Waals surface area contributed by atoms with Crippen molar-refractivity contribution in [2.75, 3.05) is 20.0 Å². The Kier molecular flexibility index (Phi) is 7.32. The van der Waals surface area contributed by atoms with E-state index in [9.17, 15) is 14.7 Å². The molecule has 0 radical (unpaired) electrons. The van der Waals surface area contributed by atoms with Crippen LogP contribution in [0.15, 0.2) is 81.8 Å². The van der Waals surface area contributed by atoms with Crippen molar-refractivity contribution >= 4 is 34.8 Å². The minimum atomic E-state index is -0.383. The highest BCUT2D eigenvalue weighted by atomic mass is 32.2. The van der Waals surface area contributed by atoms with Gasteiger partial charge in [-0.2, -0.15) is 5.10 Å². The lowest BCUT2D eigenvalue weighted by Gasteiger charge is -2.12. The molecule has 4 rings (SSSR count). The van der Waals surface area contributed by atoms with Crippen molar-refractivity contribution in [3.05, 3.63) is 82.6 Å². The Morgan fingerprint density at radius 3 is 2.43 bits per heavy atom. The fourth-order valence-corrected chi connectivity index (χ4v) is 4.15. The maximum absolute atomic E-state index is 13.2. The number of ether oxygens (including phenoxy) is 2. The number of hydrogen-bond acceptors (Lipinski definition) is 8. The molecule has 1 heterocycles. The van der Waals surface area contributed by atoms with Gasteiger partial charge in [0.05, 0.1) is 42.8 Å². The van der Waals surface area contributed by atoms with Gasteiger partial charge in [-0.3, -0.25) is 14.2 Å². The number of methoxy groups -OCH3 is 2. The van der Waals surface area contributed by atoms with E-state index in [1.54, 1.807) is 30.3 Å². The van der Waals surface area contributed by atoms with Gasteiger partial charge in [-0.05, 0) is 36.4 Å². The highest BCUT2D eigenvalue weighted by molar-refractivity contribution is 7.99. The smallest absolute Gasteiger partial charge is 0.266 e. The number of phenols is 1. The topological polar surface area (TPSA) is 115 Å². The number of carbonyl (C=O) groups excluding carboxylic acids is 1. The van der Waals surface area contributed by atoms with E-state index in [4.69, 9.17) is 9.47 Å². The number of para-hydroxylation sites is 2. The lowest BCUT2D eigenvalue weighted by atomic mass is 10.2. The molecular weight excluding hydrogens is 468 g/mol. The maximum atomic E-state index is 13.2. The quantitative estimate of drug-likeness (QED) is 0.168. The van der Waals surface area contributed by atoms with E-state index < -0.39 is 0 Å². The van der Waals surface area contributed by atoms with Crippen LogP contribution in [0.1, 0.15) is 5.56 Å². The molecule has 10 heteroatoms. The van der Waals surface area contributed by atoms with E-state index in [2.05, 4.69) is 15.5 Å². The molecule has 9 nitrogen and oxygen atoms in total. The number of carbonyl (C=O) groups is 1. The number of nitrogens with one attached hydrogen (secondary N) is 1. The van der Waals surface area contributed by atoms with Crippen molar-refractivity contribution in [1.29, 1.82) is 0 Å². The molecule has 4 aromatic rings. The van der Waals surface area contributed by atoms with Crippen molar-refractivity contribution in [1.82, 2.24) is 15.0 Å². The maximum Gasteiger partial charge on any atom is 0.266 e. The molecule has 2 N–H and O–H groups in total. The molecular formula is C25H22N4O5S. The Labute approximate surface area is 205 Å². The van der Waals surface area contributed by atoms with Crippen molar-refractivity contribution in [3.63, 3.8) is 0 Å². The van der Waals surface area contributed by atoms with Crippen LogP contribution in [0.2, 0.25) is 0 Å². The van der Waals surface area contributed by atoms with E-state index >= 15 is 0 Å². The number of rotatable bonds is 8. The summed E-state index contributed by atoms with van der Waals surface area (Å²) in [6.07, 6.45) is 1.40. The third-order valence-electron chi connectivity index (χ3n) is 5.00. The SMILES string of the molecule is COc1cc(/C=N\NC(=O)CSc2nc3ccccc3c(=O)n2-c2ccccc2)cc(OC)c1O. The molecule has 0 saturated carbocycles. The summed E-state index contributed by atoms with van der Waals surface area (Å²) < 4.78 is 11.7. The van der Waals surface area contributed by atoms with Gasteiger partial charge in [-0.15, -0.1) is 0 Å². The van der Waals surface area contributed by atoms with E-state index in [1.165, 1.54) is 25.0 Å². The standard InChI is InChI=1S/C25H22N4O5S/c1-33-20-12-16(13-21(34-2)23(20)31)14-26-28-22(30)15-35-25-27-19-11-7-6-10-18(19)24(32)29(25)17-8-4-3-5-9-17/h3-14,31H,15H2,1-2H3,(H,28,30)/b26-14-. The van der Waals surface area contributed by atoms with Gasteiger partial charge in [0.1, 0.15) is 0 Å². The summed E-state index contributed by atoms with van der Waals surface area (Å²) in [7, 11) is 2.84. The molecule has 0 fully saturated rings. The van der Waals surface area contributed by atoms with Gasteiger partial charge in [-0.25, -0.2) is 10.4 Å². The number of thioether (sulfide) groups is 1. The molecule has 0 atom stereocenters. The Morgan fingerprint density at radius 1 is 1.09 bits per heavy atom. The largest absolute Gasteiger partial charge is 0.502 e. The lowest BCUT2D eigenvalue weighted by molar-refractivity contribution is -0.118.